The van der Waals surface area contributed by atoms with E-state index >= 15 is 0 Å². The molecule has 0 aromatic carbocycles. The molecule has 0 saturated carbocycles. The van der Waals surface area contributed by atoms with Crippen LogP contribution in [0.25, 0.3) is 0 Å². The lowest BCUT2D eigenvalue weighted by Gasteiger charge is -2.24. The highest BCUT2D eigenvalue weighted by Crippen LogP contribution is 2.30. The van der Waals surface area contributed by atoms with Crippen molar-refractivity contribution in [3.8, 4) is 0 Å². The number of carbonyl (C=O) groups is 1. The minimum atomic E-state index is -0.108. The maximum Gasteiger partial charge on any atom is 0.130 e. The van der Waals surface area contributed by atoms with Gasteiger partial charge in [-0.05, 0) is 31.8 Å². The Kier molecular flexibility index (Phi) is 4.12. The van der Waals surface area contributed by atoms with Gasteiger partial charge < -0.3 is 0 Å². The molecule has 0 amide bonds. The van der Waals surface area contributed by atoms with E-state index in [-0.39, 0.29) is 11.2 Å². The predicted molar refractivity (Wildman–Crippen MR) is 57.7 cm³/mol. The van der Waals surface area contributed by atoms with E-state index in [9.17, 15) is 4.79 Å². The maximum absolute atomic E-state index is 11.0. The Morgan fingerprint density at radius 1 is 1.31 bits per heavy atom. The molecule has 1 nitrogen and oxygen atoms in total. The van der Waals surface area contributed by atoms with Crippen LogP contribution in [0.1, 0.15) is 41.0 Å². The highest BCUT2D eigenvalue weighted by molar-refractivity contribution is 5.76. The van der Waals surface area contributed by atoms with Crippen molar-refractivity contribution in [3.05, 3.63) is 23.8 Å². The van der Waals surface area contributed by atoms with E-state index in [1.165, 1.54) is 5.57 Å². The smallest absolute Gasteiger partial charge is 0.130 e. The SMILES string of the molecule is C=C(C=C(C)C)C(C)(C)CC(C)=O. The van der Waals surface area contributed by atoms with E-state index < -0.39 is 0 Å². The van der Waals surface area contributed by atoms with E-state index in [0.29, 0.717) is 6.42 Å². The Morgan fingerprint density at radius 3 is 2.08 bits per heavy atom. The van der Waals surface area contributed by atoms with E-state index in [0.717, 1.165) is 5.57 Å². The summed E-state index contributed by atoms with van der Waals surface area (Å²) in [5, 5.41) is 0. The Morgan fingerprint density at radius 2 is 1.77 bits per heavy atom. The van der Waals surface area contributed by atoms with Crippen molar-refractivity contribution in [1.82, 2.24) is 0 Å². The third kappa shape index (κ3) is 4.66. The standard InChI is InChI=1S/C12H20O/c1-9(2)7-10(3)12(5,6)8-11(4)13/h7H,3,8H2,1-2,4-6H3. The summed E-state index contributed by atoms with van der Waals surface area (Å²) >= 11 is 0. The minimum absolute atomic E-state index is 0.108. The first-order valence-electron chi connectivity index (χ1n) is 4.59. The third-order valence-corrected chi connectivity index (χ3v) is 2.02. The van der Waals surface area contributed by atoms with Crippen LogP contribution in [0.3, 0.4) is 0 Å². The van der Waals surface area contributed by atoms with Crippen molar-refractivity contribution >= 4 is 5.78 Å². The van der Waals surface area contributed by atoms with Crippen molar-refractivity contribution in [3.63, 3.8) is 0 Å². The van der Waals surface area contributed by atoms with Gasteiger partial charge in [0.1, 0.15) is 5.78 Å². The Hall–Kier alpha value is -0.850. The van der Waals surface area contributed by atoms with Crippen LogP contribution in [0.15, 0.2) is 23.8 Å². The molecule has 1 heteroatoms. The van der Waals surface area contributed by atoms with E-state index in [4.69, 9.17) is 0 Å². The molecule has 0 aromatic rings. The molecule has 0 atom stereocenters. The van der Waals surface area contributed by atoms with Crippen LogP contribution in [-0.2, 0) is 4.79 Å². The molecule has 0 aromatic heterocycles. The van der Waals surface area contributed by atoms with Crippen LogP contribution in [-0.4, -0.2) is 5.78 Å². The minimum Gasteiger partial charge on any atom is -0.300 e. The number of hydrogen-bond donors (Lipinski definition) is 0. The molecule has 0 spiro atoms. The quantitative estimate of drug-likeness (QED) is 0.605. The molecule has 0 aliphatic heterocycles. The van der Waals surface area contributed by atoms with E-state index in [1.807, 2.05) is 19.9 Å². The summed E-state index contributed by atoms with van der Waals surface area (Å²) in [7, 11) is 0. The van der Waals surface area contributed by atoms with Crippen LogP contribution >= 0.6 is 0 Å². The van der Waals surface area contributed by atoms with Crippen LogP contribution in [0, 0.1) is 5.41 Å². The number of rotatable bonds is 4. The average Bonchev–Trinajstić information content (AvgIpc) is 1.81. The molecule has 13 heavy (non-hydrogen) atoms. The van der Waals surface area contributed by atoms with Crippen LogP contribution < -0.4 is 0 Å². The van der Waals surface area contributed by atoms with Gasteiger partial charge in [-0.15, -0.1) is 0 Å². The summed E-state index contributed by atoms with van der Waals surface area (Å²) in [6, 6.07) is 0. The van der Waals surface area contributed by atoms with E-state index in [1.54, 1.807) is 6.92 Å². The predicted octanol–water partition coefficient (Wildman–Crippen LogP) is 3.51. The first kappa shape index (κ1) is 12.2. The molecule has 0 unspecified atom stereocenters. The van der Waals surface area contributed by atoms with E-state index in [2.05, 4.69) is 20.4 Å². The monoisotopic (exact) mass is 180 g/mol. The normalized spacial score (nSPS) is 10.8. The van der Waals surface area contributed by atoms with Gasteiger partial charge in [-0.2, -0.15) is 0 Å². The van der Waals surface area contributed by atoms with Crippen molar-refractivity contribution < 1.29 is 4.79 Å². The fourth-order valence-electron chi connectivity index (χ4n) is 1.28. The second kappa shape index (κ2) is 4.40. The summed E-state index contributed by atoms with van der Waals surface area (Å²) in [5.41, 5.74) is 2.15. The van der Waals surface area contributed by atoms with Crippen LogP contribution in [0.2, 0.25) is 0 Å². The molecule has 0 radical (unpaired) electrons. The topological polar surface area (TPSA) is 17.1 Å². The largest absolute Gasteiger partial charge is 0.300 e. The molecule has 0 bridgehead atoms. The molecule has 0 fully saturated rings. The van der Waals surface area contributed by atoms with Gasteiger partial charge in [-0.1, -0.05) is 32.1 Å². The fourth-order valence-corrected chi connectivity index (χ4v) is 1.28. The van der Waals surface area contributed by atoms with Gasteiger partial charge in [0.05, 0.1) is 0 Å². The highest BCUT2D eigenvalue weighted by atomic mass is 16.1. The molecule has 0 heterocycles. The van der Waals surface area contributed by atoms with Gasteiger partial charge in [-0.3, -0.25) is 4.79 Å². The number of hydrogen-bond acceptors (Lipinski definition) is 1. The maximum atomic E-state index is 11.0. The summed E-state index contributed by atoms with van der Waals surface area (Å²) in [4.78, 5) is 11.0. The van der Waals surface area contributed by atoms with Crippen molar-refractivity contribution in [2.45, 2.75) is 41.0 Å². The zero-order valence-corrected chi connectivity index (χ0v) is 9.40. The Balaban J connectivity index is 4.54. The molecule has 0 saturated heterocycles. The first-order chi connectivity index (χ1) is 5.75. The molecule has 0 N–H and O–H groups in total. The summed E-state index contributed by atoms with van der Waals surface area (Å²) in [6.07, 6.45) is 2.61. The fraction of sp³-hybridized carbons (Fsp3) is 0.583. The molecule has 0 aliphatic carbocycles. The number of Topliss-reactive ketones (excluding diaryl/α,β-unsaturated/α-hetero) is 1. The number of ketones is 1. The van der Waals surface area contributed by atoms with Gasteiger partial charge in [0, 0.05) is 6.42 Å². The van der Waals surface area contributed by atoms with Crippen LogP contribution in [0.4, 0.5) is 0 Å². The highest BCUT2D eigenvalue weighted by Gasteiger charge is 2.21. The zero-order valence-electron chi connectivity index (χ0n) is 9.40. The second-order valence-electron chi connectivity index (χ2n) is 4.51. The lowest BCUT2D eigenvalue weighted by atomic mass is 9.80. The van der Waals surface area contributed by atoms with Crippen LogP contribution in [0.5, 0.6) is 0 Å². The Labute approximate surface area is 81.5 Å². The second-order valence-corrected chi connectivity index (χ2v) is 4.51. The van der Waals surface area contributed by atoms with Gasteiger partial charge in [0.25, 0.3) is 0 Å². The first-order valence-corrected chi connectivity index (χ1v) is 4.59. The van der Waals surface area contributed by atoms with Crippen molar-refractivity contribution in [2.24, 2.45) is 5.41 Å². The van der Waals surface area contributed by atoms with Crippen molar-refractivity contribution in [2.75, 3.05) is 0 Å². The number of allylic oxidation sites excluding steroid dienone is 3. The zero-order chi connectivity index (χ0) is 10.6. The average molecular weight is 180 g/mol. The summed E-state index contributed by atoms with van der Waals surface area (Å²) in [5.74, 6) is 0.216. The Bertz CT molecular complexity index is 240. The summed E-state index contributed by atoms with van der Waals surface area (Å²) in [6.45, 7) is 13.8. The van der Waals surface area contributed by atoms with Gasteiger partial charge in [0.2, 0.25) is 0 Å². The van der Waals surface area contributed by atoms with Gasteiger partial charge in [0.15, 0.2) is 0 Å². The lowest BCUT2D eigenvalue weighted by molar-refractivity contribution is -0.118. The lowest BCUT2D eigenvalue weighted by Crippen LogP contribution is -2.16. The number of carbonyl (C=O) groups excluding carboxylic acids is 1. The molecular formula is C12H20O. The third-order valence-electron chi connectivity index (χ3n) is 2.02. The van der Waals surface area contributed by atoms with Gasteiger partial charge >= 0.3 is 0 Å². The van der Waals surface area contributed by atoms with Crippen molar-refractivity contribution in [1.29, 1.82) is 0 Å². The molecular weight excluding hydrogens is 160 g/mol. The molecule has 0 aliphatic rings. The molecule has 74 valence electrons. The van der Waals surface area contributed by atoms with Gasteiger partial charge in [-0.25, -0.2) is 0 Å². The summed E-state index contributed by atoms with van der Waals surface area (Å²) < 4.78 is 0. The molecule has 0 rings (SSSR count).